The highest BCUT2D eigenvalue weighted by Gasteiger charge is 2.85. The molecule has 0 spiro atoms. The second kappa shape index (κ2) is 4.40. The van der Waals surface area contributed by atoms with Crippen molar-refractivity contribution in [3.05, 3.63) is 0 Å². The minimum Gasteiger partial charge on any atom is -0.281 e. The largest absolute Gasteiger partial charge is 0.460 e. The summed E-state index contributed by atoms with van der Waals surface area (Å²) in [5.41, 5.74) is 0. The smallest absolute Gasteiger partial charge is 0.281 e. The normalized spacial score (nSPS) is 15.2. The predicted molar refractivity (Wildman–Crippen MR) is 34.9 cm³/mol. The molecule has 14 heteroatoms. The molecule has 0 atom stereocenters. The van der Waals surface area contributed by atoms with E-state index >= 15 is 0 Å². The molecule has 0 aromatic heterocycles. The Morgan fingerprint density at radius 1 is 0.722 bits per heavy atom. The van der Waals surface area contributed by atoms with Gasteiger partial charge in [-0.3, -0.25) is 9.26 Å². The fraction of sp³-hybridized carbons (Fsp3) is 1.00. The van der Waals surface area contributed by atoms with E-state index in [4.69, 9.17) is 4.55 Å². The highest BCUT2D eigenvalue weighted by molar-refractivity contribution is 7.87. The predicted octanol–water partition coefficient (Wildman–Crippen LogP) is 2.45. The second-order valence-corrected chi connectivity index (χ2v) is 4.10. The maximum atomic E-state index is 12.2. The second-order valence-electron chi connectivity index (χ2n) is 2.64. The molecule has 0 bridgehead atoms. The maximum Gasteiger partial charge on any atom is 0.460 e. The van der Waals surface area contributed by atoms with Crippen LogP contribution >= 0.6 is 0 Å². The number of hydrogen-bond donors (Lipinski definition) is 1. The molecule has 0 amide bonds. The van der Waals surface area contributed by atoms with E-state index in [-0.39, 0.29) is 4.70 Å². The van der Waals surface area contributed by atoms with Gasteiger partial charge in [-0.1, -0.05) is 0 Å². The average molecular weight is 320 g/mol. The first-order valence-corrected chi connectivity index (χ1v) is 4.61. The van der Waals surface area contributed by atoms with Crippen molar-refractivity contribution in [3.8, 4) is 0 Å². The van der Waals surface area contributed by atoms with Crippen molar-refractivity contribution < 1.29 is 57.2 Å². The lowest BCUT2D eigenvalue weighted by atomic mass is 10.1. The fourth-order valence-corrected chi connectivity index (χ4v) is 0.975. The molecule has 0 aromatic rings. The van der Waals surface area contributed by atoms with E-state index in [1.165, 1.54) is 0 Å². The molecule has 0 saturated carbocycles. The van der Waals surface area contributed by atoms with Crippen LogP contribution in [0.15, 0.2) is 0 Å². The molecule has 0 aliphatic rings. The van der Waals surface area contributed by atoms with Crippen LogP contribution in [0.1, 0.15) is 0 Å². The van der Waals surface area contributed by atoms with Gasteiger partial charge in [0.1, 0.15) is 0 Å². The highest BCUT2D eigenvalue weighted by Crippen LogP contribution is 2.54. The Bertz CT molecular complexity index is 394. The topological polar surface area (TPSA) is 54.4 Å². The van der Waals surface area contributed by atoms with E-state index < -0.39 is 33.4 Å². The third kappa shape index (κ3) is 2.48. The van der Waals surface area contributed by atoms with Gasteiger partial charge in [0.2, 0.25) is 0 Å². The van der Waals surface area contributed by atoms with E-state index in [0.29, 0.717) is 0 Å². The summed E-state index contributed by atoms with van der Waals surface area (Å²) in [5, 5.41) is -7.00. The summed E-state index contributed by atoms with van der Waals surface area (Å²) < 4.78 is 134. The van der Waals surface area contributed by atoms with Crippen LogP contribution in [0.25, 0.3) is 0 Å². The van der Waals surface area contributed by atoms with Crippen molar-refractivity contribution >= 4 is 10.1 Å². The van der Waals surface area contributed by atoms with Gasteiger partial charge in [-0.15, -0.1) is 0 Å². The summed E-state index contributed by atoms with van der Waals surface area (Å²) in [6.07, 6.45) is -7.13. The van der Waals surface area contributed by atoms with Crippen LogP contribution in [-0.4, -0.2) is 36.2 Å². The van der Waals surface area contributed by atoms with Gasteiger partial charge in [-0.05, 0) is 0 Å². The molecule has 0 rings (SSSR count). The van der Waals surface area contributed by atoms with E-state index in [0.717, 1.165) is 0 Å². The van der Waals surface area contributed by atoms with E-state index in [1.807, 2.05) is 0 Å². The Hall–Kier alpha value is -0.790. The van der Waals surface area contributed by atoms with Gasteiger partial charge >= 0.3 is 33.4 Å². The van der Waals surface area contributed by atoms with Gasteiger partial charge in [0, 0.05) is 0 Å². The van der Waals surface area contributed by atoms with Crippen molar-refractivity contribution in [2.45, 2.75) is 23.3 Å². The van der Waals surface area contributed by atoms with E-state index in [2.05, 4.69) is 0 Å². The first-order valence-electron chi connectivity index (χ1n) is 3.17. The van der Waals surface area contributed by atoms with Crippen LogP contribution in [0.3, 0.4) is 0 Å². The zero-order valence-electron chi connectivity index (χ0n) is 7.48. The van der Waals surface area contributed by atoms with Gasteiger partial charge in [-0.25, -0.2) is 0 Å². The summed E-state index contributed by atoms with van der Waals surface area (Å²) >= 11 is 0. The highest BCUT2D eigenvalue weighted by atomic mass is 32.2. The molecular formula is C4H2F10O3S. The molecule has 18 heavy (non-hydrogen) atoms. The molecule has 0 aliphatic heterocycles. The molecule has 3 nitrogen and oxygen atoms in total. The summed E-state index contributed by atoms with van der Waals surface area (Å²) in [4.78, 5) is 0. The van der Waals surface area contributed by atoms with Crippen LogP contribution in [0.2, 0.25) is 0 Å². The molecule has 0 heterocycles. The van der Waals surface area contributed by atoms with E-state index in [9.17, 15) is 47.9 Å². The van der Waals surface area contributed by atoms with Gasteiger partial charge in [0.15, 0.2) is 0 Å². The first-order chi connectivity index (χ1) is 7.00. The van der Waals surface area contributed by atoms with Crippen LogP contribution in [0.5, 0.6) is 0 Å². The molecule has 0 saturated heterocycles. The van der Waals surface area contributed by atoms with Crippen LogP contribution in [0.4, 0.5) is 44.2 Å². The maximum absolute atomic E-state index is 12.2. The van der Waals surface area contributed by atoms with Crippen molar-refractivity contribution in [2.75, 3.05) is 0 Å². The minimum atomic E-state index is -7.37. The Kier molecular flexibility index (Phi) is 4.77. The van der Waals surface area contributed by atoms with Crippen molar-refractivity contribution in [1.29, 1.82) is 0 Å². The Labute approximate surface area is 91.7 Å². The molecular weight excluding hydrogens is 318 g/mol. The monoisotopic (exact) mass is 320 g/mol. The van der Waals surface area contributed by atoms with Gasteiger partial charge < -0.3 is 0 Å². The standard InChI is InChI=1S/C4HF9O3S.FH/c5-1(6,3(9,10)11)2(7,8)4(12,13)17(14,15)16;/h(H,14,15,16);1H. The van der Waals surface area contributed by atoms with Crippen molar-refractivity contribution in [1.82, 2.24) is 0 Å². The molecule has 0 unspecified atom stereocenters. The molecule has 1 N–H and O–H groups in total. The number of hydrogen-bond acceptors (Lipinski definition) is 2. The Morgan fingerprint density at radius 3 is 1.17 bits per heavy atom. The molecule has 0 radical (unpaired) electrons. The average Bonchev–Trinajstić information content (AvgIpc) is 1.98. The first kappa shape index (κ1) is 19.5. The van der Waals surface area contributed by atoms with Gasteiger partial charge in [0.25, 0.3) is 0 Å². The number of alkyl halides is 9. The van der Waals surface area contributed by atoms with Crippen LogP contribution in [0, 0.1) is 0 Å². The Morgan fingerprint density at radius 2 is 1.00 bits per heavy atom. The summed E-state index contributed by atoms with van der Waals surface area (Å²) in [6.45, 7) is 0. The van der Waals surface area contributed by atoms with Crippen LogP contribution < -0.4 is 0 Å². The summed E-state index contributed by atoms with van der Waals surface area (Å²) in [5.74, 6) is -14.7. The van der Waals surface area contributed by atoms with Crippen LogP contribution in [-0.2, 0) is 10.1 Å². The van der Waals surface area contributed by atoms with Crippen molar-refractivity contribution in [3.63, 3.8) is 0 Å². The van der Waals surface area contributed by atoms with Gasteiger partial charge in [0.05, 0.1) is 0 Å². The summed E-state index contributed by atoms with van der Waals surface area (Å²) in [6, 6.07) is 0. The lowest BCUT2D eigenvalue weighted by Crippen LogP contribution is -2.63. The Balaban J connectivity index is 0. The van der Waals surface area contributed by atoms with Crippen molar-refractivity contribution in [2.24, 2.45) is 0 Å². The van der Waals surface area contributed by atoms with E-state index in [1.54, 1.807) is 0 Å². The quantitative estimate of drug-likeness (QED) is 0.642. The third-order valence-electron chi connectivity index (χ3n) is 1.44. The summed E-state index contributed by atoms with van der Waals surface area (Å²) in [7, 11) is -7.17. The lowest BCUT2D eigenvalue weighted by Gasteiger charge is -2.31. The minimum absolute atomic E-state index is 0. The number of halogens is 10. The molecule has 112 valence electrons. The van der Waals surface area contributed by atoms with Gasteiger partial charge in [-0.2, -0.15) is 47.9 Å². The molecule has 0 fully saturated rings. The fourth-order valence-electron chi connectivity index (χ4n) is 0.523. The molecule has 0 aliphatic carbocycles. The zero-order chi connectivity index (χ0) is 14.5. The SMILES string of the molecule is F.O=S(=O)(O)C(F)(F)C(F)(F)C(F)(F)C(F)(F)F. The number of rotatable bonds is 3. The molecule has 0 aromatic carbocycles. The third-order valence-corrected chi connectivity index (χ3v) is 2.34. The lowest BCUT2D eigenvalue weighted by molar-refractivity contribution is -0.382. The zero-order valence-corrected chi connectivity index (χ0v) is 8.30.